The smallest absolute Gasteiger partial charge is 0.279 e. The first-order chi connectivity index (χ1) is 7.16. The maximum Gasteiger partial charge on any atom is 0.279 e. The normalized spacial score (nSPS) is 28.8. The number of nitrogens with zero attached hydrogens (tertiary/aromatic N) is 1. The zero-order valence-electron chi connectivity index (χ0n) is 8.26. The van der Waals surface area contributed by atoms with Crippen LogP contribution in [0.5, 0.6) is 0 Å². The molecule has 1 atom stereocenters. The van der Waals surface area contributed by atoms with E-state index in [0.717, 1.165) is 24.9 Å². The van der Waals surface area contributed by atoms with Crippen molar-refractivity contribution in [2.45, 2.75) is 12.8 Å². The van der Waals surface area contributed by atoms with Crippen molar-refractivity contribution in [3.8, 4) is 0 Å². The van der Waals surface area contributed by atoms with Crippen molar-refractivity contribution in [3.05, 3.63) is 11.2 Å². The van der Waals surface area contributed by atoms with Crippen molar-refractivity contribution in [2.24, 2.45) is 10.3 Å². The van der Waals surface area contributed by atoms with Crippen molar-refractivity contribution in [1.82, 2.24) is 0 Å². The molecule has 0 amide bonds. The number of allylic oxidation sites excluding steroid dienone is 1. The molecule has 0 aromatic carbocycles. The Hall–Kier alpha value is -0.880. The molecule has 5 nitrogen and oxygen atoms in total. The molecule has 2 heterocycles. The third kappa shape index (κ3) is 3.04. The van der Waals surface area contributed by atoms with Gasteiger partial charge in [0.15, 0.2) is 5.76 Å². The summed E-state index contributed by atoms with van der Waals surface area (Å²) in [5.74, 6) is 0.678. The van der Waals surface area contributed by atoms with Gasteiger partial charge in [-0.25, -0.2) is 0 Å². The minimum absolute atomic E-state index is 0.320. The van der Waals surface area contributed by atoms with Crippen LogP contribution in [0, 0.1) is 5.92 Å². The zero-order chi connectivity index (χ0) is 10.7. The van der Waals surface area contributed by atoms with E-state index < -0.39 is 10.0 Å². The Bertz CT molecular complexity index is 379. The molecule has 0 spiro atoms. The highest BCUT2D eigenvalue weighted by Gasteiger charge is 2.18. The van der Waals surface area contributed by atoms with E-state index in [9.17, 15) is 8.42 Å². The fourth-order valence-electron chi connectivity index (χ4n) is 1.56. The van der Waals surface area contributed by atoms with Crippen LogP contribution in [-0.4, -0.2) is 34.5 Å². The van der Waals surface area contributed by atoms with E-state index in [0.29, 0.717) is 24.9 Å². The molecule has 0 aliphatic carbocycles. The van der Waals surface area contributed by atoms with Gasteiger partial charge in [-0.1, -0.05) is 0 Å². The van der Waals surface area contributed by atoms with Gasteiger partial charge in [-0.2, -0.15) is 12.8 Å². The molecule has 1 saturated heterocycles. The highest BCUT2D eigenvalue weighted by atomic mass is 32.2. The number of hydrogen-bond donors (Lipinski definition) is 0. The predicted octanol–water partition coefficient (Wildman–Crippen LogP) is 0.685. The molecule has 6 heteroatoms. The van der Waals surface area contributed by atoms with Crippen LogP contribution in [0.1, 0.15) is 12.8 Å². The van der Waals surface area contributed by atoms with Crippen molar-refractivity contribution in [1.29, 1.82) is 0 Å². The van der Waals surface area contributed by atoms with Gasteiger partial charge in [0.05, 0.1) is 24.8 Å². The van der Waals surface area contributed by atoms with Crippen LogP contribution < -0.4 is 0 Å². The summed E-state index contributed by atoms with van der Waals surface area (Å²) in [6.07, 6.45) is 3.34. The Morgan fingerprint density at radius 3 is 3.07 bits per heavy atom. The largest absolute Gasteiger partial charge is 0.491 e. The van der Waals surface area contributed by atoms with Crippen LogP contribution in [0.15, 0.2) is 15.6 Å². The van der Waals surface area contributed by atoms with Crippen molar-refractivity contribution in [2.75, 3.05) is 19.8 Å². The average Bonchev–Trinajstić information content (AvgIpc) is 2.57. The predicted molar refractivity (Wildman–Crippen MR) is 55.0 cm³/mol. The van der Waals surface area contributed by atoms with Gasteiger partial charge >= 0.3 is 0 Å². The number of sulfonamides is 1. The summed E-state index contributed by atoms with van der Waals surface area (Å²) >= 11 is 0. The highest BCUT2D eigenvalue weighted by Crippen LogP contribution is 2.16. The van der Waals surface area contributed by atoms with E-state index in [4.69, 9.17) is 9.47 Å². The van der Waals surface area contributed by atoms with Crippen molar-refractivity contribution < 1.29 is 17.9 Å². The Morgan fingerprint density at radius 1 is 1.60 bits per heavy atom. The molecule has 0 saturated carbocycles. The van der Waals surface area contributed by atoms with Gasteiger partial charge in [0.1, 0.15) is 0 Å². The molecular formula is C9H13NO4S. The lowest BCUT2D eigenvalue weighted by molar-refractivity contribution is 0.0247. The van der Waals surface area contributed by atoms with Gasteiger partial charge in [0.2, 0.25) is 0 Å². The second kappa shape index (κ2) is 4.32. The van der Waals surface area contributed by atoms with E-state index in [1.54, 1.807) is 0 Å². The molecule has 84 valence electrons. The molecule has 15 heavy (non-hydrogen) atoms. The number of ether oxygens (including phenoxy) is 2. The summed E-state index contributed by atoms with van der Waals surface area (Å²) in [6, 6.07) is 0. The van der Waals surface area contributed by atoms with Crippen LogP contribution in [0.3, 0.4) is 0 Å². The van der Waals surface area contributed by atoms with Gasteiger partial charge in [0.25, 0.3) is 10.0 Å². The Labute approximate surface area is 88.8 Å². The third-order valence-corrected chi connectivity index (χ3v) is 3.26. The van der Waals surface area contributed by atoms with Gasteiger partial charge in [-0.05, 0) is 12.8 Å². The van der Waals surface area contributed by atoms with Crippen LogP contribution in [-0.2, 0) is 19.5 Å². The first kappa shape index (κ1) is 10.6. The lowest BCUT2D eigenvalue weighted by atomic mass is 10.0. The van der Waals surface area contributed by atoms with Gasteiger partial charge in [-0.3, -0.25) is 0 Å². The average molecular weight is 231 g/mol. The summed E-state index contributed by atoms with van der Waals surface area (Å²) in [4.78, 5) is 0. The molecular weight excluding hydrogens is 218 g/mol. The SMILES string of the molecule is O=S1(=O)C=C(OCC2CCCOC2)C=N1. The Balaban J connectivity index is 1.81. The summed E-state index contributed by atoms with van der Waals surface area (Å²) in [7, 11) is -3.40. The topological polar surface area (TPSA) is 65.0 Å². The lowest BCUT2D eigenvalue weighted by Gasteiger charge is -2.21. The first-order valence-corrected chi connectivity index (χ1v) is 6.39. The minimum atomic E-state index is -3.40. The van der Waals surface area contributed by atoms with Gasteiger partial charge in [0, 0.05) is 12.5 Å². The lowest BCUT2D eigenvalue weighted by Crippen LogP contribution is -2.21. The third-order valence-electron chi connectivity index (χ3n) is 2.33. The van der Waals surface area contributed by atoms with Crippen molar-refractivity contribution >= 4 is 16.2 Å². The van der Waals surface area contributed by atoms with Gasteiger partial charge < -0.3 is 9.47 Å². The maximum atomic E-state index is 10.9. The van der Waals surface area contributed by atoms with E-state index in [-0.39, 0.29) is 0 Å². The Morgan fingerprint density at radius 2 is 2.47 bits per heavy atom. The molecule has 2 aliphatic heterocycles. The second-order valence-electron chi connectivity index (χ2n) is 3.66. The monoisotopic (exact) mass is 231 g/mol. The quantitative estimate of drug-likeness (QED) is 0.716. The standard InChI is InChI=1S/C9H13NO4S/c11-15(12)7-9(4-10-15)14-6-8-2-1-3-13-5-8/h4,7-8H,1-3,5-6H2. The first-order valence-electron chi connectivity index (χ1n) is 4.88. The summed E-state index contributed by atoms with van der Waals surface area (Å²) < 4.78 is 35.8. The summed E-state index contributed by atoms with van der Waals surface area (Å²) in [6.45, 7) is 2.00. The van der Waals surface area contributed by atoms with Crippen LogP contribution in [0.25, 0.3) is 0 Å². The molecule has 0 aromatic rings. The molecule has 2 aliphatic rings. The number of hydrogen-bond acceptors (Lipinski definition) is 4. The molecule has 0 radical (unpaired) electrons. The summed E-state index contributed by atoms with van der Waals surface area (Å²) in [5.41, 5.74) is 0. The van der Waals surface area contributed by atoms with Crippen LogP contribution in [0.4, 0.5) is 0 Å². The molecule has 0 aromatic heterocycles. The van der Waals surface area contributed by atoms with E-state index >= 15 is 0 Å². The van der Waals surface area contributed by atoms with Crippen LogP contribution >= 0.6 is 0 Å². The maximum absolute atomic E-state index is 10.9. The molecule has 1 fully saturated rings. The van der Waals surface area contributed by atoms with E-state index in [2.05, 4.69) is 4.40 Å². The van der Waals surface area contributed by atoms with Gasteiger partial charge in [-0.15, -0.1) is 0 Å². The molecule has 0 N–H and O–H groups in total. The van der Waals surface area contributed by atoms with Crippen LogP contribution in [0.2, 0.25) is 0 Å². The zero-order valence-corrected chi connectivity index (χ0v) is 9.07. The van der Waals surface area contributed by atoms with E-state index in [1.807, 2.05) is 0 Å². The minimum Gasteiger partial charge on any atom is -0.491 e. The van der Waals surface area contributed by atoms with E-state index in [1.165, 1.54) is 6.21 Å². The fraction of sp³-hybridized carbons (Fsp3) is 0.667. The molecule has 0 bridgehead atoms. The molecule has 2 rings (SSSR count). The summed E-state index contributed by atoms with van der Waals surface area (Å²) in [5, 5.41) is 1.04. The highest BCUT2D eigenvalue weighted by molar-refractivity contribution is 7.93. The second-order valence-corrected chi connectivity index (χ2v) is 5.14. The van der Waals surface area contributed by atoms with Crippen molar-refractivity contribution in [3.63, 3.8) is 0 Å². The number of rotatable bonds is 3. The Kier molecular flexibility index (Phi) is 3.06. The molecule has 1 unspecified atom stereocenters. The fourth-order valence-corrected chi connectivity index (χ4v) is 2.29.